The number of carboxylic acids is 1. The minimum absolute atomic E-state index is 0.00844. The van der Waals surface area contributed by atoms with Crippen LogP contribution in [0, 0.1) is 11.3 Å². The molecule has 10 atom stereocenters. The molecule has 3 rings (SSSR count). The third-order valence-electron chi connectivity index (χ3n) is 8.59. The van der Waals surface area contributed by atoms with E-state index in [4.69, 9.17) is 30.4 Å². The Balaban J connectivity index is 1.44. The van der Waals surface area contributed by atoms with E-state index in [2.05, 4.69) is 34.4 Å². The highest BCUT2D eigenvalue weighted by Crippen LogP contribution is 2.61. The summed E-state index contributed by atoms with van der Waals surface area (Å²) >= 11 is 0.755. The number of phosphoric ester groups is 3. The molecule has 2 aromatic heterocycles. The maximum absolute atomic E-state index is 12.7. The Labute approximate surface area is 355 Å². The van der Waals surface area contributed by atoms with Crippen molar-refractivity contribution in [2.45, 2.75) is 70.0 Å². The van der Waals surface area contributed by atoms with E-state index in [9.17, 15) is 72.1 Å². The second-order valence-corrected chi connectivity index (χ2v) is 22.1. The number of aliphatic hydroxyl groups excluding tert-OH is 2. The number of thioether (sulfide) groups is 1. The van der Waals surface area contributed by atoms with E-state index >= 15 is 0 Å². The molecule has 29 nitrogen and oxygen atoms in total. The number of nitrogens with zero attached hydrogens (tertiary/aromatic N) is 4. The summed E-state index contributed by atoms with van der Waals surface area (Å²) in [6, 6.07) is 0. The lowest BCUT2D eigenvalue weighted by molar-refractivity contribution is -0.137. The number of nitrogens with two attached hydrogens (primary N) is 2. The SMILES string of the molecule is CC(CP(=O)(O)C(N)CC(=O)O)C(=O)SCCNC(=O)CCNC(=O)C(O)C(C)(C)COP(=O)(O)OP(=O)(O)OCC1OC(n2cnc3c(N)ncnc32)C(O)C1OP(=O)(O)O. The summed E-state index contributed by atoms with van der Waals surface area (Å²) in [7, 11) is -20.7. The van der Waals surface area contributed by atoms with E-state index < -0.39 is 127 Å². The van der Waals surface area contributed by atoms with Gasteiger partial charge in [0.05, 0.1) is 31.7 Å². The molecule has 3 heterocycles. The van der Waals surface area contributed by atoms with Crippen LogP contribution in [0.25, 0.3) is 11.2 Å². The Bertz CT molecular complexity index is 2130. The first-order valence-electron chi connectivity index (χ1n) is 17.8. The van der Waals surface area contributed by atoms with Crippen LogP contribution in [0.5, 0.6) is 0 Å². The summed E-state index contributed by atoms with van der Waals surface area (Å²) in [6.45, 7) is 1.34. The zero-order valence-corrected chi connectivity index (χ0v) is 37.3. The quantitative estimate of drug-likeness (QED) is 0.0391. The predicted molar refractivity (Wildman–Crippen MR) is 211 cm³/mol. The molecule has 0 aromatic carbocycles. The average Bonchev–Trinajstić information content (AvgIpc) is 3.70. The van der Waals surface area contributed by atoms with Crippen LogP contribution >= 0.6 is 42.6 Å². The van der Waals surface area contributed by atoms with Crippen LogP contribution in [0.1, 0.15) is 39.8 Å². The highest BCUT2D eigenvalue weighted by molar-refractivity contribution is 8.13. The molecule has 2 amide bonds. The number of amides is 2. The van der Waals surface area contributed by atoms with Crippen molar-refractivity contribution in [1.82, 2.24) is 30.2 Å². The first-order valence-corrected chi connectivity index (χ1v) is 25.2. The number of nitrogen functional groups attached to an aromatic ring is 1. The van der Waals surface area contributed by atoms with Gasteiger partial charge in [-0.3, -0.25) is 41.9 Å². The number of rotatable bonds is 25. The molecular weight excluding hydrogens is 940 g/mol. The number of hydrogen-bond donors (Lipinski definition) is 12. The molecule has 34 heteroatoms. The number of nitrogens with one attached hydrogen (secondary N) is 2. The molecule has 1 aliphatic heterocycles. The van der Waals surface area contributed by atoms with Crippen LogP contribution < -0.4 is 22.1 Å². The van der Waals surface area contributed by atoms with Gasteiger partial charge in [0.2, 0.25) is 19.2 Å². The fourth-order valence-corrected chi connectivity index (χ4v) is 10.7. The second-order valence-electron chi connectivity index (χ2n) is 14.2. The van der Waals surface area contributed by atoms with Gasteiger partial charge in [0.25, 0.3) is 0 Å². The van der Waals surface area contributed by atoms with Crippen LogP contribution in [0.3, 0.4) is 0 Å². The zero-order chi connectivity index (χ0) is 47.0. The van der Waals surface area contributed by atoms with Crippen molar-refractivity contribution in [1.29, 1.82) is 0 Å². The molecule has 62 heavy (non-hydrogen) atoms. The first kappa shape index (κ1) is 53.5. The fourth-order valence-electron chi connectivity index (χ4n) is 5.35. The van der Waals surface area contributed by atoms with E-state index in [1.54, 1.807) is 0 Å². The van der Waals surface area contributed by atoms with Crippen LogP contribution in [0.2, 0.25) is 0 Å². The summed E-state index contributed by atoms with van der Waals surface area (Å²) in [4.78, 5) is 109. The molecule has 0 saturated carbocycles. The van der Waals surface area contributed by atoms with Gasteiger partial charge in [-0.05, 0) is 0 Å². The summed E-state index contributed by atoms with van der Waals surface area (Å²) in [5, 5.41) is 34.5. The number of imidazole rings is 1. The smallest absolute Gasteiger partial charge is 0.481 e. The summed E-state index contributed by atoms with van der Waals surface area (Å²) in [6.07, 6.45) is -8.55. The van der Waals surface area contributed by atoms with Gasteiger partial charge in [-0.25, -0.2) is 28.6 Å². The molecule has 1 saturated heterocycles. The standard InChI is InChI=1S/C28H48N8O21P4S/c1-14(10-58(44,45)16(29)8-18(38)39)27(43)62-7-6-31-17(37)4-5-32-25(42)22(41)28(2,3)11-54-61(51,52)57-60(49,50)53-9-15-21(56-59(46,47)48)20(40)26(55-15)36-13-35-19-23(30)33-12-34-24(19)36/h12-16,20-22,26,40-41H,4-11,29H2,1-3H3,(H,31,37)(H,32,42)(H,38,39)(H,44,45)(H,49,50)(H,51,52)(H2,30,33,34)(H2,46,47,48). The van der Waals surface area contributed by atoms with Crippen molar-refractivity contribution < 1.29 is 99.8 Å². The van der Waals surface area contributed by atoms with Crippen molar-refractivity contribution in [3.05, 3.63) is 12.7 Å². The third kappa shape index (κ3) is 16.0. The largest absolute Gasteiger partial charge is 0.481 e. The minimum atomic E-state index is -5.62. The molecule has 2 aromatic rings. The molecule has 0 radical (unpaired) electrons. The molecule has 352 valence electrons. The van der Waals surface area contributed by atoms with Gasteiger partial charge in [-0.1, -0.05) is 32.5 Å². The van der Waals surface area contributed by atoms with Gasteiger partial charge in [0.15, 0.2) is 22.8 Å². The highest BCUT2D eigenvalue weighted by Gasteiger charge is 2.50. The Morgan fingerprint density at radius 3 is 2.29 bits per heavy atom. The normalized spacial score (nSPS) is 22.8. The number of aromatic nitrogens is 4. The van der Waals surface area contributed by atoms with E-state index in [0.29, 0.717) is 0 Å². The highest BCUT2D eigenvalue weighted by atomic mass is 32.2. The monoisotopic (exact) mass is 988 g/mol. The van der Waals surface area contributed by atoms with Crippen LogP contribution in [-0.4, -0.2) is 151 Å². The number of hydrogen-bond acceptors (Lipinski definition) is 21. The molecule has 0 spiro atoms. The van der Waals surface area contributed by atoms with E-state index in [0.717, 1.165) is 29.0 Å². The number of aliphatic hydroxyl groups is 2. The molecule has 1 fully saturated rings. The molecule has 1 aliphatic rings. The van der Waals surface area contributed by atoms with Crippen molar-refractivity contribution in [2.24, 2.45) is 17.1 Å². The Hall–Kier alpha value is -2.82. The lowest BCUT2D eigenvalue weighted by atomic mass is 9.87. The Morgan fingerprint density at radius 2 is 1.66 bits per heavy atom. The lowest BCUT2D eigenvalue weighted by Crippen LogP contribution is -2.46. The van der Waals surface area contributed by atoms with Gasteiger partial charge in [-0.2, -0.15) is 4.31 Å². The van der Waals surface area contributed by atoms with Crippen molar-refractivity contribution in [3.63, 3.8) is 0 Å². The van der Waals surface area contributed by atoms with Gasteiger partial charge in [-0.15, -0.1) is 0 Å². The summed E-state index contributed by atoms with van der Waals surface area (Å²) in [5.41, 5.74) is 9.63. The van der Waals surface area contributed by atoms with Crippen LogP contribution in [-0.2, 0) is 60.1 Å². The van der Waals surface area contributed by atoms with Gasteiger partial charge in [0, 0.05) is 42.8 Å². The maximum atomic E-state index is 12.7. The lowest BCUT2D eigenvalue weighted by Gasteiger charge is -2.30. The van der Waals surface area contributed by atoms with Gasteiger partial charge >= 0.3 is 29.4 Å². The number of ether oxygens (including phenoxy) is 1. The number of aliphatic carboxylic acids is 1. The summed E-state index contributed by atoms with van der Waals surface area (Å²) < 4.78 is 74.4. The molecule has 0 aliphatic carbocycles. The molecular formula is C28H48N8O21P4S. The van der Waals surface area contributed by atoms with Crippen LogP contribution in [0.15, 0.2) is 12.7 Å². The number of anilines is 1. The molecule has 10 unspecified atom stereocenters. The van der Waals surface area contributed by atoms with E-state index in [1.807, 2.05) is 0 Å². The minimum Gasteiger partial charge on any atom is -0.481 e. The maximum Gasteiger partial charge on any atom is 0.481 e. The number of fused-ring (bicyclic) bond motifs is 1. The number of carboxylic acid groups (broad SMARTS) is 1. The Kier molecular flexibility index (Phi) is 18.9. The average molecular weight is 989 g/mol. The number of phosphoric acid groups is 3. The fraction of sp³-hybridized carbons (Fsp3) is 0.679. The summed E-state index contributed by atoms with van der Waals surface area (Å²) in [5.74, 6) is -5.48. The third-order valence-corrected chi connectivity index (χ3v) is 15.1. The van der Waals surface area contributed by atoms with Gasteiger partial charge in [0.1, 0.15) is 36.3 Å². The van der Waals surface area contributed by atoms with Crippen molar-refractivity contribution in [3.8, 4) is 0 Å². The van der Waals surface area contributed by atoms with Crippen LogP contribution in [0.4, 0.5) is 5.82 Å². The predicted octanol–water partition coefficient (Wildman–Crippen LogP) is -1.67. The van der Waals surface area contributed by atoms with Crippen molar-refractivity contribution in [2.75, 3.05) is 44.0 Å². The Morgan fingerprint density at radius 1 is 1.02 bits per heavy atom. The number of carbonyl (C=O) groups excluding carboxylic acids is 3. The topological polar surface area (TPSA) is 464 Å². The zero-order valence-electron chi connectivity index (χ0n) is 32.9. The van der Waals surface area contributed by atoms with Crippen molar-refractivity contribution >= 4 is 82.5 Å². The second kappa shape index (κ2) is 21.9. The number of carbonyl (C=O) groups is 4. The van der Waals surface area contributed by atoms with E-state index in [-0.39, 0.29) is 42.2 Å². The van der Waals surface area contributed by atoms with E-state index in [1.165, 1.54) is 20.8 Å². The molecule has 0 bridgehead atoms. The molecule has 14 N–H and O–H groups in total. The van der Waals surface area contributed by atoms with Gasteiger partial charge < -0.3 is 66.6 Å². The first-order chi connectivity index (χ1) is 28.4.